The van der Waals surface area contributed by atoms with E-state index in [2.05, 4.69) is 63.6 Å². The maximum Gasteiger partial charge on any atom is 0.159 e. The third kappa shape index (κ3) is 2.53. The number of nitrogens with one attached hydrogen (secondary N) is 1. The maximum absolute atomic E-state index is 4.35. The number of aryl methyl sites for hydroxylation is 1. The maximum atomic E-state index is 4.35. The minimum absolute atomic E-state index is 0.317. The van der Waals surface area contributed by atoms with Crippen LogP contribution in [-0.2, 0) is 0 Å². The number of pyridine rings is 1. The van der Waals surface area contributed by atoms with Gasteiger partial charge in [0.2, 0.25) is 0 Å². The normalized spacial score (nSPS) is 22.8. The van der Waals surface area contributed by atoms with E-state index in [1.165, 1.54) is 40.2 Å². The summed E-state index contributed by atoms with van der Waals surface area (Å²) < 4.78 is 0. The molecule has 1 aromatic heterocycles. The Bertz CT molecular complexity index is 828. The first-order valence-corrected chi connectivity index (χ1v) is 9.86. The summed E-state index contributed by atoms with van der Waals surface area (Å²) in [6.45, 7) is 4.38. The zero-order valence-electron chi connectivity index (χ0n) is 14.4. The van der Waals surface area contributed by atoms with Gasteiger partial charge in [0, 0.05) is 23.3 Å². The topological polar surface area (TPSA) is 31.4 Å². The molecule has 1 unspecified atom stereocenters. The van der Waals surface area contributed by atoms with Crippen molar-refractivity contribution in [3.05, 3.63) is 60.1 Å². The van der Waals surface area contributed by atoms with E-state index in [9.17, 15) is 0 Å². The van der Waals surface area contributed by atoms with Crippen LogP contribution in [0.15, 0.2) is 53.8 Å². The van der Waals surface area contributed by atoms with Gasteiger partial charge in [-0.1, -0.05) is 35.5 Å². The highest BCUT2D eigenvalue weighted by molar-refractivity contribution is 8.00. The van der Waals surface area contributed by atoms with E-state index >= 15 is 0 Å². The van der Waals surface area contributed by atoms with Crippen LogP contribution < -0.4 is 10.2 Å². The predicted molar refractivity (Wildman–Crippen MR) is 103 cm³/mol. The lowest BCUT2D eigenvalue weighted by Gasteiger charge is -2.38. The van der Waals surface area contributed by atoms with Crippen molar-refractivity contribution < 1.29 is 0 Å². The number of aromatic nitrogens is 1. The Labute approximate surface area is 152 Å². The van der Waals surface area contributed by atoms with E-state index in [4.69, 9.17) is 0 Å². The summed E-state index contributed by atoms with van der Waals surface area (Å²) >= 11 is 1.95. The molecule has 25 heavy (non-hydrogen) atoms. The fourth-order valence-electron chi connectivity index (χ4n) is 4.09. The lowest BCUT2D eigenvalue weighted by Crippen LogP contribution is -2.46. The van der Waals surface area contributed by atoms with Gasteiger partial charge in [0.15, 0.2) is 5.50 Å². The van der Waals surface area contributed by atoms with Gasteiger partial charge in [-0.15, -0.1) is 0 Å². The lowest BCUT2D eigenvalue weighted by atomic mass is 10.0. The Hall–Kier alpha value is -1.98. The van der Waals surface area contributed by atoms with Crippen molar-refractivity contribution >= 4 is 23.1 Å². The summed E-state index contributed by atoms with van der Waals surface area (Å²) in [6, 6.07) is 11.6. The van der Waals surface area contributed by atoms with Gasteiger partial charge < -0.3 is 15.1 Å². The van der Waals surface area contributed by atoms with Crippen LogP contribution in [0, 0.1) is 6.92 Å². The Kier molecular flexibility index (Phi) is 3.71. The van der Waals surface area contributed by atoms with E-state index < -0.39 is 0 Å². The number of anilines is 1. The highest BCUT2D eigenvalue weighted by Gasteiger charge is 2.43. The predicted octanol–water partition coefficient (Wildman–Crippen LogP) is 3.65. The Morgan fingerprint density at radius 3 is 2.92 bits per heavy atom. The number of rotatable bonds is 2. The van der Waals surface area contributed by atoms with Gasteiger partial charge in [0.1, 0.15) is 0 Å². The summed E-state index contributed by atoms with van der Waals surface area (Å²) in [6.07, 6.45) is 8.62. The minimum atomic E-state index is 0.317. The number of hydrogen-bond acceptors (Lipinski definition) is 5. The molecule has 4 heterocycles. The molecule has 5 rings (SSSR count). The van der Waals surface area contributed by atoms with Gasteiger partial charge >= 0.3 is 0 Å². The van der Waals surface area contributed by atoms with Crippen LogP contribution in [-0.4, -0.2) is 34.5 Å². The van der Waals surface area contributed by atoms with E-state index in [1.54, 1.807) is 0 Å². The molecule has 0 aliphatic carbocycles. The highest BCUT2D eigenvalue weighted by atomic mass is 32.2. The van der Waals surface area contributed by atoms with Crippen LogP contribution in [0.3, 0.4) is 0 Å². The molecular formula is C20H22N4S. The molecule has 2 aromatic rings. The quantitative estimate of drug-likeness (QED) is 0.893. The van der Waals surface area contributed by atoms with Crippen molar-refractivity contribution in [1.29, 1.82) is 0 Å². The van der Waals surface area contributed by atoms with Crippen LogP contribution in [0.25, 0.3) is 5.70 Å². The number of thioether (sulfide) groups is 1. The fourth-order valence-corrected chi connectivity index (χ4v) is 5.42. The lowest BCUT2D eigenvalue weighted by molar-refractivity contribution is 0.240. The van der Waals surface area contributed by atoms with Crippen molar-refractivity contribution in [2.45, 2.75) is 36.2 Å². The number of hydrogen-bond donors (Lipinski definition) is 1. The molecule has 1 N–H and O–H groups in total. The SMILES string of the molecule is Cc1cccc(C2=CN3c4cnccc4SC3N2C2CCNCC2)c1. The molecular weight excluding hydrogens is 328 g/mol. The molecule has 1 fully saturated rings. The third-order valence-electron chi connectivity index (χ3n) is 5.30. The molecule has 0 saturated carbocycles. The Morgan fingerprint density at radius 1 is 1.20 bits per heavy atom. The van der Waals surface area contributed by atoms with Crippen LogP contribution in [0.2, 0.25) is 0 Å². The molecule has 3 aliphatic rings. The van der Waals surface area contributed by atoms with Crippen molar-refractivity contribution in [3.8, 4) is 0 Å². The summed E-state index contributed by atoms with van der Waals surface area (Å²) in [5, 5.41) is 3.50. The van der Waals surface area contributed by atoms with Crippen LogP contribution in [0.4, 0.5) is 5.69 Å². The summed E-state index contributed by atoms with van der Waals surface area (Å²) in [5.41, 5.74) is 5.53. The van der Waals surface area contributed by atoms with Gasteiger partial charge in [0.25, 0.3) is 0 Å². The minimum Gasteiger partial charge on any atom is -0.337 e. The van der Waals surface area contributed by atoms with Crippen LogP contribution in [0.5, 0.6) is 0 Å². The molecule has 5 heteroatoms. The average Bonchev–Trinajstić information content (AvgIpc) is 3.18. The first kappa shape index (κ1) is 15.3. The van der Waals surface area contributed by atoms with Gasteiger partial charge in [-0.05, 0) is 50.6 Å². The van der Waals surface area contributed by atoms with Crippen LogP contribution >= 0.6 is 11.8 Å². The Morgan fingerprint density at radius 2 is 2.08 bits per heavy atom. The van der Waals surface area contributed by atoms with E-state index in [1.807, 2.05) is 24.2 Å². The molecule has 0 spiro atoms. The van der Waals surface area contributed by atoms with Crippen molar-refractivity contribution in [2.75, 3.05) is 18.0 Å². The van der Waals surface area contributed by atoms with Crippen molar-refractivity contribution in [2.24, 2.45) is 0 Å². The molecule has 0 amide bonds. The molecule has 1 atom stereocenters. The smallest absolute Gasteiger partial charge is 0.159 e. The molecule has 0 radical (unpaired) electrons. The second-order valence-electron chi connectivity index (χ2n) is 6.97. The number of nitrogens with zero attached hydrogens (tertiary/aromatic N) is 3. The van der Waals surface area contributed by atoms with E-state index in [0.29, 0.717) is 11.5 Å². The standard InChI is InChI=1S/C20H22N4S/c1-14-3-2-4-15(11-14)18-13-23-17-12-22-10-7-19(17)25-20(23)24(18)16-5-8-21-9-6-16/h2-4,7,10-13,16,20-21H,5-6,8-9H2,1H3. The highest BCUT2D eigenvalue weighted by Crippen LogP contribution is 2.51. The third-order valence-corrected chi connectivity index (χ3v) is 6.57. The summed E-state index contributed by atoms with van der Waals surface area (Å²) in [7, 11) is 0. The first-order valence-electron chi connectivity index (χ1n) is 8.98. The zero-order valence-corrected chi connectivity index (χ0v) is 15.2. The number of piperidine rings is 1. The molecule has 128 valence electrons. The molecule has 0 bridgehead atoms. The molecule has 4 nitrogen and oxygen atoms in total. The van der Waals surface area contributed by atoms with Gasteiger partial charge in [0.05, 0.1) is 17.6 Å². The zero-order chi connectivity index (χ0) is 16.8. The van der Waals surface area contributed by atoms with Crippen LogP contribution in [0.1, 0.15) is 24.0 Å². The largest absolute Gasteiger partial charge is 0.337 e. The molecule has 1 saturated heterocycles. The Balaban J connectivity index is 1.59. The van der Waals surface area contributed by atoms with Crippen molar-refractivity contribution in [3.63, 3.8) is 0 Å². The van der Waals surface area contributed by atoms with Crippen molar-refractivity contribution in [1.82, 2.24) is 15.2 Å². The second-order valence-corrected chi connectivity index (χ2v) is 8.06. The molecule has 3 aliphatic heterocycles. The summed E-state index contributed by atoms with van der Waals surface area (Å²) in [4.78, 5) is 10.7. The molecule has 1 aromatic carbocycles. The number of fused-ring (bicyclic) bond motifs is 3. The monoisotopic (exact) mass is 350 g/mol. The first-order chi connectivity index (χ1) is 12.3. The number of benzene rings is 1. The van der Waals surface area contributed by atoms with E-state index in [-0.39, 0.29) is 0 Å². The van der Waals surface area contributed by atoms with E-state index in [0.717, 1.165) is 13.1 Å². The van der Waals surface area contributed by atoms with Gasteiger partial charge in [-0.3, -0.25) is 4.98 Å². The fraction of sp³-hybridized carbons (Fsp3) is 0.350. The van der Waals surface area contributed by atoms with Gasteiger partial charge in [-0.25, -0.2) is 0 Å². The average molecular weight is 350 g/mol. The summed E-state index contributed by atoms with van der Waals surface area (Å²) in [5.74, 6) is 0. The van der Waals surface area contributed by atoms with Gasteiger partial charge in [-0.2, -0.15) is 0 Å². The second kappa shape index (κ2) is 6.07.